The van der Waals surface area contributed by atoms with E-state index in [0.717, 1.165) is 9.47 Å². The standard InChI is InChI=1S/C31H19N5O5/c32-18-19-6-7-20-17-26-28(35(27(20)16-19)23-12-14-25(37)15-13-23)33-30(39)36(29(26)38)24-10-8-22(9-11-24)34(31(40)41)21-4-2-1-3-5-21/h1-17,37H,(H,40,41). The first-order valence-electron chi connectivity index (χ1n) is 12.4. The molecule has 2 N–H and O–H groups in total. The summed E-state index contributed by atoms with van der Waals surface area (Å²) in [4.78, 5) is 44.5. The molecule has 198 valence electrons. The summed E-state index contributed by atoms with van der Waals surface area (Å²) < 4.78 is 2.53. The fourth-order valence-corrected chi connectivity index (χ4v) is 4.79. The second kappa shape index (κ2) is 9.83. The number of phenolic OH excluding ortho intramolecular Hbond substituents is 1. The predicted octanol–water partition coefficient (Wildman–Crippen LogP) is 5.03. The number of fused-ring (bicyclic) bond motifs is 2. The Balaban J connectivity index is 1.55. The Kier molecular flexibility index (Phi) is 6.02. The molecule has 0 aromatic heterocycles. The molecule has 1 amide bonds. The Hall–Kier alpha value is -6.21. The summed E-state index contributed by atoms with van der Waals surface area (Å²) in [6, 6.07) is 29.4. The highest BCUT2D eigenvalue weighted by Gasteiger charge is 2.23. The van der Waals surface area contributed by atoms with Crippen LogP contribution in [0.4, 0.5) is 16.2 Å². The van der Waals surface area contributed by atoms with E-state index in [0.29, 0.717) is 33.5 Å². The first kappa shape index (κ1) is 25.1. The van der Waals surface area contributed by atoms with Crippen LogP contribution in [0.5, 0.6) is 5.75 Å². The number of para-hydroxylation sites is 1. The molecule has 0 radical (unpaired) electrons. The third-order valence-electron chi connectivity index (χ3n) is 6.66. The van der Waals surface area contributed by atoms with Crippen molar-refractivity contribution < 1.29 is 15.0 Å². The van der Waals surface area contributed by atoms with Gasteiger partial charge in [0.25, 0.3) is 5.56 Å². The largest absolute Gasteiger partial charge is 0.508 e. The van der Waals surface area contributed by atoms with E-state index in [1.54, 1.807) is 71.3 Å². The molecule has 2 aliphatic heterocycles. The highest BCUT2D eigenvalue weighted by Crippen LogP contribution is 2.30. The molecule has 10 nitrogen and oxygen atoms in total. The van der Waals surface area contributed by atoms with Crippen LogP contribution >= 0.6 is 0 Å². The molecule has 0 unspecified atom stereocenters. The second-order valence-corrected chi connectivity index (χ2v) is 9.12. The van der Waals surface area contributed by atoms with Crippen molar-refractivity contribution in [1.29, 1.82) is 5.26 Å². The van der Waals surface area contributed by atoms with Crippen LogP contribution in [0.3, 0.4) is 0 Å². The Morgan fingerprint density at radius 2 is 1.44 bits per heavy atom. The number of carbonyl (C=O) groups is 1. The number of rotatable bonds is 4. The summed E-state index contributed by atoms with van der Waals surface area (Å²) in [5, 5.41) is 29.7. The number of nitrogens with zero attached hydrogens (tertiary/aromatic N) is 5. The first-order valence-corrected chi connectivity index (χ1v) is 12.4. The van der Waals surface area contributed by atoms with Gasteiger partial charge in [-0.3, -0.25) is 9.36 Å². The Morgan fingerprint density at radius 3 is 2.10 bits per heavy atom. The number of aromatic hydroxyl groups is 1. The van der Waals surface area contributed by atoms with E-state index < -0.39 is 17.3 Å². The van der Waals surface area contributed by atoms with Crippen molar-refractivity contribution in [2.75, 3.05) is 4.90 Å². The second-order valence-electron chi connectivity index (χ2n) is 9.12. The van der Waals surface area contributed by atoms with Gasteiger partial charge in [0.2, 0.25) is 0 Å². The zero-order chi connectivity index (χ0) is 28.7. The number of hydrogen-bond donors (Lipinski definition) is 2. The van der Waals surface area contributed by atoms with Crippen LogP contribution in [-0.2, 0) is 0 Å². The molecule has 0 bridgehead atoms. The third-order valence-corrected chi connectivity index (χ3v) is 6.66. The smallest absolute Gasteiger partial charge is 0.416 e. The average Bonchev–Trinajstić information content (AvgIpc) is 2.98. The molecule has 0 atom stereocenters. The normalized spacial score (nSPS) is 10.9. The molecule has 41 heavy (non-hydrogen) atoms. The molecule has 4 aromatic rings. The lowest BCUT2D eigenvalue weighted by Crippen LogP contribution is -2.36. The van der Waals surface area contributed by atoms with Gasteiger partial charge >= 0.3 is 11.8 Å². The van der Waals surface area contributed by atoms with Gasteiger partial charge in [-0.05, 0) is 84.2 Å². The Morgan fingerprint density at radius 1 is 0.805 bits per heavy atom. The zero-order valence-corrected chi connectivity index (χ0v) is 21.2. The van der Waals surface area contributed by atoms with E-state index in [1.165, 1.54) is 36.4 Å². The van der Waals surface area contributed by atoms with Crippen molar-refractivity contribution in [3.63, 3.8) is 0 Å². The third kappa shape index (κ3) is 4.33. The van der Waals surface area contributed by atoms with Crippen molar-refractivity contribution in [3.05, 3.63) is 130 Å². The van der Waals surface area contributed by atoms with Gasteiger partial charge in [-0.25, -0.2) is 19.1 Å². The SMILES string of the molecule is N#Cc1ccc2cc3c(=O)n(-c4ccc(N(C(=O)O)c5ccccc5)cc4)c(=O)nc-3n(-c3ccc(O)cc3)c2c1. The maximum Gasteiger partial charge on any atom is 0.416 e. The quantitative estimate of drug-likeness (QED) is 0.298. The number of phenols is 1. The van der Waals surface area contributed by atoms with Gasteiger partial charge in [0.15, 0.2) is 5.82 Å². The molecule has 0 saturated heterocycles. The van der Waals surface area contributed by atoms with Crippen LogP contribution in [-0.4, -0.2) is 30.4 Å². The van der Waals surface area contributed by atoms with Crippen molar-refractivity contribution in [3.8, 4) is 34.6 Å². The first-order chi connectivity index (χ1) is 19.9. The number of pyridine rings is 1. The van der Waals surface area contributed by atoms with Gasteiger partial charge < -0.3 is 10.2 Å². The summed E-state index contributed by atoms with van der Waals surface area (Å²) >= 11 is 0. The molecule has 0 fully saturated rings. The molecule has 2 heterocycles. The molecule has 0 aliphatic carbocycles. The molecule has 0 spiro atoms. The van der Waals surface area contributed by atoms with Gasteiger partial charge in [-0.15, -0.1) is 0 Å². The Labute approximate surface area is 231 Å². The molecular weight excluding hydrogens is 522 g/mol. The number of amides is 1. The summed E-state index contributed by atoms with van der Waals surface area (Å²) in [6.07, 6.45) is -1.19. The fraction of sp³-hybridized carbons (Fsp3) is 0. The van der Waals surface area contributed by atoms with E-state index in [2.05, 4.69) is 11.1 Å². The zero-order valence-electron chi connectivity index (χ0n) is 21.2. The highest BCUT2D eigenvalue weighted by atomic mass is 16.4. The minimum absolute atomic E-state index is 0.0357. The van der Waals surface area contributed by atoms with Gasteiger partial charge in [0, 0.05) is 5.69 Å². The van der Waals surface area contributed by atoms with Crippen molar-refractivity contribution in [2.45, 2.75) is 0 Å². The topological polar surface area (TPSA) is 141 Å². The maximum absolute atomic E-state index is 13.8. The minimum Gasteiger partial charge on any atom is -0.508 e. The maximum atomic E-state index is 13.8. The number of anilines is 2. The molecule has 10 heteroatoms. The fourth-order valence-electron chi connectivity index (χ4n) is 4.79. The van der Waals surface area contributed by atoms with E-state index in [1.807, 2.05) is 0 Å². The molecule has 2 aliphatic rings. The molecule has 6 rings (SSSR count). The summed E-state index contributed by atoms with van der Waals surface area (Å²) in [6.45, 7) is 0. The van der Waals surface area contributed by atoms with E-state index in [4.69, 9.17) is 0 Å². The van der Waals surface area contributed by atoms with Crippen LogP contribution < -0.4 is 16.1 Å². The van der Waals surface area contributed by atoms with Gasteiger partial charge in [0.05, 0.1) is 39.8 Å². The lowest BCUT2D eigenvalue weighted by molar-refractivity contribution is 0.205. The number of carboxylic acid groups (broad SMARTS) is 1. The van der Waals surface area contributed by atoms with Crippen LogP contribution in [0.1, 0.15) is 5.56 Å². The molecule has 0 saturated carbocycles. The van der Waals surface area contributed by atoms with E-state index >= 15 is 0 Å². The van der Waals surface area contributed by atoms with Crippen LogP contribution in [0.25, 0.3) is 33.7 Å². The number of nitriles is 1. The number of aromatic nitrogens is 3. The van der Waals surface area contributed by atoms with E-state index in [9.17, 15) is 29.9 Å². The monoisotopic (exact) mass is 541 g/mol. The number of benzene rings is 4. The summed E-state index contributed by atoms with van der Waals surface area (Å²) in [7, 11) is 0. The van der Waals surface area contributed by atoms with Gasteiger partial charge in [0.1, 0.15) is 5.75 Å². The van der Waals surface area contributed by atoms with Crippen LogP contribution in [0.15, 0.2) is 113 Å². The summed E-state index contributed by atoms with van der Waals surface area (Å²) in [5.41, 5.74) is 1.12. The van der Waals surface area contributed by atoms with Crippen LogP contribution in [0.2, 0.25) is 0 Å². The predicted molar refractivity (Wildman–Crippen MR) is 153 cm³/mol. The lowest BCUT2D eigenvalue weighted by atomic mass is 10.1. The van der Waals surface area contributed by atoms with Crippen LogP contribution in [0, 0.1) is 11.3 Å². The van der Waals surface area contributed by atoms with Crippen molar-refractivity contribution in [2.24, 2.45) is 0 Å². The highest BCUT2D eigenvalue weighted by molar-refractivity contribution is 5.95. The van der Waals surface area contributed by atoms with Gasteiger partial charge in [-0.2, -0.15) is 10.2 Å². The van der Waals surface area contributed by atoms with E-state index in [-0.39, 0.29) is 22.8 Å². The van der Waals surface area contributed by atoms with Gasteiger partial charge in [-0.1, -0.05) is 24.3 Å². The molecular formula is C31H19N5O5. The minimum atomic E-state index is -1.19. The average molecular weight is 542 g/mol. The van der Waals surface area contributed by atoms with Crippen molar-refractivity contribution in [1.82, 2.24) is 14.1 Å². The Bertz CT molecular complexity index is 2080. The number of hydrogen-bond acceptors (Lipinski definition) is 6. The lowest BCUT2D eigenvalue weighted by Gasteiger charge is -2.20. The van der Waals surface area contributed by atoms with Crippen molar-refractivity contribution >= 4 is 28.4 Å². The summed E-state index contributed by atoms with van der Waals surface area (Å²) in [5.74, 6) is 0.121. The molecule has 4 aromatic carbocycles.